The van der Waals surface area contributed by atoms with Crippen LogP contribution < -0.4 is 16.0 Å². The van der Waals surface area contributed by atoms with E-state index >= 15 is 0 Å². The van der Waals surface area contributed by atoms with Crippen molar-refractivity contribution in [1.29, 1.82) is 5.26 Å². The first-order chi connectivity index (χ1) is 14.3. The number of anilines is 3. The normalized spacial score (nSPS) is 15.4. The monoisotopic (exact) mass is 419 g/mol. The van der Waals surface area contributed by atoms with E-state index in [1.165, 1.54) is 6.07 Å². The Labute approximate surface area is 170 Å². The first kappa shape index (κ1) is 21.2. The van der Waals surface area contributed by atoms with Gasteiger partial charge >= 0.3 is 6.09 Å². The molecule has 0 spiro atoms. The largest absolute Gasteiger partial charge is 0.465 e. The maximum absolute atomic E-state index is 14.6. The Kier molecular flexibility index (Phi) is 6.30. The number of aromatic nitrogens is 1. The van der Waals surface area contributed by atoms with Crippen LogP contribution in [0.1, 0.15) is 31.7 Å². The van der Waals surface area contributed by atoms with Crippen molar-refractivity contribution in [3.8, 4) is 6.07 Å². The Morgan fingerprint density at radius 2 is 1.93 bits per heavy atom. The molecule has 1 saturated carbocycles. The van der Waals surface area contributed by atoms with Crippen LogP contribution in [0, 0.1) is 34.7 Å². The number of carboxylic acid groups (broad SMARTS) is 1. The lowest BCUT2D eigenvalue weighted by atomic mass is 9.77. The van der Waals surface area contributed by atoms with Gasteiger partial charge in [0.15, 0.2) is 29.1 Å². The molecule has 158 valence electrons. The van der Waals surface area contributed by atoms with E-state index in [-0.39, 0.29) is 28.8 Å². The fraction of sp³-hybridized carbons (Fsp3) is 0.350. The molecule has 1 aromatic heterocycles. The molecule has 0 aliphatic heterocycles. The Morgan fingerprint density at radius 3 is 2.50 bits per heavy atom. The highest BCUT2D eigenvalue weighted by Crippen LogP contribution is 2.33. The van der Waals surface area contributed by atoms with Crippen LogP contribution in [0.3, 0.4) is 0 Å². The molecule has 1 amide bonds. The third-order valence-corrected chi connectivity index (χ3v) is 5.13. The third-order valence-electron chi connectivity index (χ3n) is 5.13. The van der Waals surface area contributed by atoms with Crippen LogP contribution in [-0.4, -0.2) is 28.3 Å². The number of nitrogens with zero attached hydrogens (tertiary/aromatic N) is 2. The molecule has 4 N–H and O–H groups in total. The summed E-state index contributed by atoms with van der Waals surface area (Å²) in [6, 6.07) is 4.91. The summed E-state index contributed by atoms with van der Waals surface area (Å²) in [6.45, 7) is 1.67. The molecule has 30 heavy (non-hydrogen) atoms. The van der Waals surface area contributed by atoms with Crippen molar-refractivity contribution in [3.05, 3.63) is 47.3 Å². The quantitative estimate of drug-likeness (QED) is 0.531. The van der Waals surface area contributed by atoms with E-state index in [9.17, 15) is 23.2 Å². The second-order valence-corrected chi connectivity index (χ2v) is 7.18. The van der Waals surface area contributed by atoms with E-state index in [1.54, 1.807) is 13.0 Å². The number of rotatable bonds is 7. The van der Waals surface area contributed by atoms with E-state index in [0.29, 0.717) is 0 Å². The molecule has 1 aliphatic rings. The zero-order valence-corrected chi connectivity index (χ0v) is 16.0. The van der Waals surface area contributed by atoms with E-state index in [4.69, 9.17) is 5.11 Å². The summed E-state index contributed by atoms with van der Waals surface area (Å²) in [5.74, 6) is -2.98. The molecule has 0 bridgehead atoms. The van der Waals surface area contributed by atoms with Gasteiger partial charge in [-0.2, -0.15) is 5.26 Å². The zero-order chi connectivity index (χ0) is 21.8. The predicted octanol–water partition coefficient (Wildman–Crippen LogP) is 4.35. The van der Waals surface area contributed by atoms with E-state index in [0.717, 1.165) is 37.5 Å². The number of nitrogens with one attached hydrogen (secondary N) is 3. The summed E-state index contributed by atoms with van der Waals surface area (Å²) in [5, 5.41) is 26.3. The van der Waals surface area contributed by atoms with Crippen molar-refractivity contribution >= 4 is 23.4 Å². The molecular formula is C20H20F3N5O2. The second-order valence-electron chi connectivity index (χ2n) is 7.18. The van der Waals surface area contributed by atoms with Gasteiger partial charge in [0.2, 0.25) is 0 Å². The number of amides is 1. The molecule has 1 aliphatic carbocycles. The highest BCUT2D eigenvalue weighted by molar-refractivity contribution is 5.66. The smallest absolute Gasteiger partial charge is 0.404 e. The van der Waals surface area contributed by atoms with Crippen LogP contribution in [-0.2, 0) is 0 Å². The molecule has 1 heterocycles. The van der Waals surface area contributed by atoms with Crippen LogP contribution >= 0.6 is 0 Å². The lowest BCUT2D eigenvalue weighted by Gasteiger charge is -2.38. The summed E-state index contributed by atoms with van der Waals surface area (Å²) in [7, 11) is 0. The average Bonchev–Trinajstić information content (AvgIpc) is 2.64. The molecule has 1 fully saturated rings. The molecule has 2 atom stereocenters. The van der Waals surface area contributed by atoms with Gasteiger partial charge in [-0.15, -0.1) is 0 Å². The van der Waals surface area contributed by atoms with E-state index in [1.807, 2.05) is 0 Å². The minimum absolute atomic E-state index is 0.0429. The predicted molar refractivity (Wildman–Crippen MR) is 104 cm³/mol. The van der Waals surface area contributed by atoms with Crippen LogP contribution in [0.5, 0.6) is 0 Å². The van der Waals surface area contributed by atoms with Crippen LogP contribution in [0.15, 0.2) is 24.3 Å². The number of benzene rings is 1. The molecule has 3 rings (SSSR count). The Bertz CT molecular complexity index is 991. The van der Waals surface area contributed by atoms with Crippen LogP contribution in [0.25, 0.3) is 0 Å². The maximum atomic E-state index is 14.6. The van der Waals surface area contributed by atoms with Crippen LogP contribution in [0.2, 0.25) is 0 Å². The summed E-state index contributed by atoms with van der Waals surface area (Å²) in [6.07, 6.45) is 1.53. The Balaban J connectivity index is 1.90. The van der Waals surface area contributed by atoms with Gasteiger partial charge in [0.25, 0.3) is 0 Å². The number of pyridine rings is 1. The number of hydrogen-bond acceptors (Lipinski definition) is 5. The van der Waals surface area contributed by atoms with Crippen molar-refractivity contribution in [2.45, 2.75) is 38.3 Å². The minimum Gasteiger partial charge on any atom is -0.465 e. The van der Waals surface area contributed by atoms with Gasteiger partial charge in [-0.05, 0) is 43.9 Å². The Hall–Kier alpha value is -3.48. The summed E-state index contributed by atoms with van der Waals surface area (Å²) in [4.78, 5) is 15.1. The lowest BCUT2D eigenvalue weighted by Crippen LogP contribution is -2.50. The molecule has 0 radical (unpaired) electrons. The van der Waals surface area contributed by atoms with Gasteiger partial charge in [0.05, 0.1) is 11.6 Å². The standard InChI is InChI=1S/C20H20F3N5O2/c1-10(25-20(29)30)17(11-3-2-4-11)27-19-16(23)7-12(9-24)18(28-19)26-13-5-6-14(21)15(22)8-13/h5-8,10-11,17,25H,2-4H2,1H3,(H,29,30)(H2,26,27,28)/t10-,17-/m0/s1. The summed E-state index contributed by atoms with van der Waals surface area (Å²) >= 11 is 0. The zero-order valence-electron chi connectivity index (χ0n) is 16.0. The number of hydrogen-bond donors (Lipinski definition) is 4. The van der Waals surface area contributed by atoms with E-state index < -0.39 is 35.6 Å². The molecule has 7 nitrogen and oxygen atoms in total. The first-order valence-corrected chi connectivity index (χ1v) is 9.37. The average molecular weight is 419 g/mol. The fourth-order valence-electron chi connectivity index (χ4n) is 3.37. The maximum Gasteiger partial charge on any atom is 0.404 e. The summed E-state index contributed by atoms with van der Waals surface area (Å²) < 4.78 is 41.2. The van der Waals surface area contributed by atoms with Crippen molar-refractivity contribution in [1.82, 2.24) is 10.3 Å². The highest BCUT2D eigenvalue weighted by Gasteiger charge is 2.33. The van der Waals surface area contributed by atoms with Gasteiger partial charge in [-0.3, -0.25) is 0 Å². The number of halogens is 3. The van der Waals surface area contributed by atoms with Gasteiger partial charge in [-0.25, -0.2) is 22.9 Å². The third kappa shape index (κ3) is 4.74. The fourth-order valence-corrected chi connectivity index (χ4v) is 3.37. The van der Waals surface area contributed by atoms with Crippen molar-refractivity contribution in [2.75, 3.05) is 10.6 Å². The van der Waals surface area contributed by atoms with Crippen molar-refractivity contribution in [2.24, 2.45) is 5.92 Å². The Morgan fingerprint density at radius 1 is 1.20 bits per heavy atom. The van der Waals surface area contributed by atoms with Crippen LogP contribution in [0.4, 0.5) is 35.3 Å². The minimum atomic E-state index is -1.19. The van der Waals surface area contributed by atoms with Crippen molar-refractivity contribution in [3.63, 3.8) is 0 Å². The lowest BCUT2D eigenvalue weighted by molar-refractivity contribution is 0.180. The van der Waals surface area contributed by atoms with Gasteiger partial charge < -0.3 is 21.1 Å². The SMILES string of the molecule is C[C@H](NC(=O)O)[C@H](Nc1nc(Nc2ccc(F)c(F)c2)c(C#N)cc1F)C1CCC1. The molecule has 0 saturated heterocycles. The van der Waals surface area contributed by atoms with Crippen molar-refractivity contribution < 1.29 is 23.1 Å². The number of carbonyl (C=O) groups is 1. The van der Waals surface area contributed by atoms with Gasteiger partial charge in [-0.1, -0.05) is 6.42 Å². The molecule has 1 aromatic carbocycles. The second kappa shape index (κ2) is 8.90. The molecule has 10 heteroatoms. The van der Waals surface area contributed by atoms with E-state index in [2.05, 4.69) is 20.9 Å². The molecule has 2 aromatic rings. The van der Waals surface area contributed by atoms with Gasteiger partial charge in [0, 0.05) is 17.8 Å². The molecular weight excluding hydrogens is 399 g/mol. The number of nitriles is 1. The van der Waals surface area contributed by atoms with Gasteiger partial charge in [0.1, 0.15) is 6.07 Å². The first-order valence-electron chi connectivity index (χ1n) is 9.37. The topological polar surface area (TPSA) is 110 Å². The summed E-state index contributed by atoms with van der Waals surface area (Å²) in [5.41, 5.74) is 0.00611. The molecule has 0 unspecified atom stereocenters. The highest BCUT2D eigenvalue weighted by atomic mass is 19.2.